The first kappa shape index (κ1) is 9.33. The monoisotopic (exact) mass is 184 g/mol. The molecule has 0 amide bonds. The molecule has 0 aliphatic heterocycles. The molecule has 66 valence electrons. The van der Waals surface area contributed by atoms with Gasteiger partial charge in [0.05, 0.1) is 12.2 Å². The highest BCUT2D eigenvalue weighted by atomic mass is 35.5. The van der Waals surface area contributed by atoms with Gasteiger partial charge in [-0.1, -0.05) is 11.6 Å². The number of allylic oxidation sites excluding steroid dienone is 2. The second-order valence-electron chi connectivity index (χ2n) is 2.90. The number of halogens is 1. The first-order valence-corrected chi connectivity index (χ1v) is 4.30. The van der Waals surface area contributed by atoms with E-state index in [1.807, 2.05) is 31.5 Å². The molecule has 1 rings (SSSR count). The molecule has 1 aromatic heterocycles. The van der Waals surface area contributed by atoms with Gasteiger partial charge in [0.1, 0.15) is 0 Å². The molecule has 0 aliphatic carbocycles. The van der Waals surface area contributed by atoms with E-state index in [1.165, 1.54) is 5.69 Å². The average molecular weight is 185 g/mol. The lowest BCUT2D eigenvalue weighted by Gasteiger charge is -1.98. The van der Waals surface area contributed by atoms with Crippen LogP contribution in [0.15, 0.2) is 17.2 Å². The number of nitrogens with zero attached hydrogens (tertiary/aromatic N) is 2. The van der Waals surface area contributed by atoms with Gasteiger partial charge >= 0.3 is 0 Å². The number of aryl methyl sites for hydroxylation is 2. The minimum absolute atomic E-state index is 0.759. The van der Waals surface area contributed by atoms with Crippen LogP contribution >= 0.6 is 11.6 Å². The lowest BCUT2D eigenvalue weighted by Crippen LogP contribution is -1.99. The van der Waals surface area contributed by atoms with Crippen LogP contribution in [0.2, 0.25) is 0 Å². The molecule has 0 spiro atoms. The molecule has 1 aromatic rings. The van der Waals surface area contributed by atoms with Gasteiger partial charge in [-0.15, -0.1) is 0 Å². The molecule has 0 fully saturated rings. The smallest absolute Gasteiger partial charge is 0.0607 e. The molecule has 0 saturated heterocycles. The quantitative estimate of drug-likeness (QED) is 0.691. The van der Waals surface area contributed by atoms with E-state index in [1.54, 1.807) is 0 Å². The Morgan fingerprint density at radius 2 is 2.33 bits per heavy atom. The number of aromatic nitrogens is 2. The summed E-state index contributed by atoms with van der Waals surface area (Å²) < 4.78 is 1.93. The number of hydrogen-bond donors (Lipinski definition) is 0. The molecule has 1 heterocycles. The van der Waals surface area contributed by atoms with Gasteiger partial charge in [0.2, 0.25) is 0 Å². The van der Waals surface area contributed by atoms with Gasteiger partial charge in [-0.3, -0.25) is 4.68 Å². The fourth-order valence-electron chi connectivity index (χ4n) is 1.07. The number of rotatable bonds is 2. The lowest BCUT2D eigenvalue weighted by molar-refractivity contribution is 0.671. The van der Waals surface area contributed by atoms with Crippen molar-refractivity contribution in [2.24, 2.45) is 0 Å². The summed E-state index contributed by atoms with van der Waals surface area (Å²) in [6.45, 7) is 6.65. The molecule has 0 unspecified atom stereocenters. The summed E-state index contributed by atoms with van der Waals surface area (Å²) in [5.74, 6) is 0. The summed E-state index contributed by atoms with van der Waals surface area (Å²) in [4.78, 5) is 0. The third kappa shape index (κ3) is 2.38. The molecule has 0 atom stereocenters. The van der Waals surface area contributed by atoms with E-state index >= 15 is 0 Å². The Morgan fingerprint density at radius 1 is 1.67 bits per heavy atom. The maximum absolute atomic E-state index is 5.71. The zero-order valence-corrected chi connectivity index (χ0v) is 8.39. The third-order valence-electron chi connectivity index (χ3n) is 1.65. The van der Waals surface area contributed by atoms with Crippen molar-refractivity contribution in [1.29, 1.82) is 0 Å². The fraction of sp³-hybridized carbons (Fsp3) is 0.444. The van der Waals surface area contributed by atoms with Crippen LogP contribution in [-0.4, -0.2) is 9.78 Å². The molecule has 3 heteroatoms. The molecule has 0 aliphatic rings. The molecular weight excluding hydrogens is 172 g/mol. The standard InChI is InChI=1S/C9H13ClN2/c1-7(10)4-5-12-9(3)6-8(2)11-12/h4,6H,5H2,1-3H3/b7-4-. The van der Waals surface area contributed by atoms with Crippen molar-refractivity contribution in [2.75, 3.05) is 0 Å². The van der Waals surface area contributed by atoms with Gasteiger partial charge in [0.15, 0.2) is 0 Å². The molecule has 0 saturated carbocycles. The first-order chi connectivity index (χ1) is 5.59. The highest BCUT2D eigenvalue weighted by molar-refractivity contribution is 6.29. The van der Waals surface area contributed by atoms with Gasteiger partial charge in [-0.05, 0) is 32.9 Å². The predicted molar refractivity (Wildman–Crippen MR) is 51.3 cm³/mol. The van der Waals surface area contributed by atoms with Gasteiger partial charge in [-0.25, -0.2) is 0 Å². The van der Waals surface area contributed by atoms with E-state index < -0.39 is 0 Å². The Bertz CT molecular complexity index is 295. The molecular formula is C9H13ClN2. The maximum atomic E-state index is 5.71. The maximum Gasteiger partial charge on any atom is 0.0607 e. The second kappa shape index (κ2) is 3.76. The zero-order chi connectivity index (χ0) is 9.14. The van der Waals surface area contributed by atoms with Crippen molar-refractivity contribution in [1.82, 2.24) is 9.78 Å². The molecule has 0 N–H and O–H groups in total. The molecule has 2 nitrogen and oxygen atoms in total. The van der Waals surface area contributed by atoms with Crippen molar-refractivity contribution >= 4 is 11.6 Å². The van der Waals surface area contributed by atoms with Crippen LogP contribution in [0, 0.1) is 13.8 Å². The van der Waals surface area contributed by atoms with Crippen molar-refractivity contribution < 1.29 is 0 Å². The van der Waals surface area contributed by atoms with Crippen molar-refractivity contribution in [2.45, 2.75) is 27.3 Å². The highest BCUT2D eigenvalue weighted by Crippen LogP contribution is 2.04. The zero-order valence-electron chi connectivity index (χ0n) is 7.63. The molecule has 0 aromatic carbocycles. The van der Waals surface area contributed by atoms with Crippen LogP contribution in [0.3, 0.4) is 0 Å². The first-order valence-electron chi connectivity index (χ1n) is 3.93. The summed E-state index contributed by atoms with van der Waals surface area (Å²) in [6, 6.07) is 2.05. The van der Waals surface area contributed by atoms with Crippen LogP contribution < -0.4 is 0 Å². The Balaban J connectivity index is 2.75. The van der Waals surface area contributed by atoms with E-state index in [4.69, 9.17) is 11.6 Å². The fourth-order valence-corrected chi connectivity index (χ4v) is 1.14. The third-order valence-corrected chi connectivity index (χ3v) is 1.80. The second-order valence-corrected chi connectivity index (χ2v) is 3.50. The van der Waals surface area contributed by atoms with Crippen molar-refractivity contribution in [3.63, 3.8) is 0 Å². The predicted octanol–water partition coefficient (Wildman–Crippen LogP) is 2.64. The molecule has 0 radical (unpaired) electrons. The summed E-state index contributed by atoms with van der Waals surface area (Å²) in [5, 5.41) is 5.10. The lowest BCUT2D eigenvalue weighted by atomic mass is 10.4. The van der Waals surface area contributed by atoms with E-state index in [2.05, 4.69) is 11.2 Å². The van der Waals surface area contributed by atoms with Gasteiger partial charge in [0, 0.05) is 10.7 Å². The van der Waals surface area contributed by atoms with Crippen LogP contribution in [0.1, 0.15) is 18.3 Å². The summed E-state index contributed by atoms with van der Waals surface area (Å²) in [7, 11) is 0. The van der Waals surface area contributed by atoms with Gasteiger partial charge < -0.3 is 0 Å². The van der Waals surface area contributed by atoms with Crippen LogP contribution in [-0.2, 0) is 6.54 Å². The van der Waals surface area contributed by atoms with Crippen LogP contribution in [0.4, 0.5) is 0 Å². The Labute approximate surface area is 77.8 Å². The largest absolute Gasteiger partial charge is 0.266 e. The van der Waals surface area contributed by atoms with Crippen molar-refractivity contribution in [3.05, 3.63) is 28.6 Å². The Hall–Kier alpha value is -0.760. The minimum Gasteiger partial charge on any atom is -0.266 e. The van der Waals surface area contributed by atoms with Crippen molar-refractivity contribution in [3.8, 4) is 0 Å². The van der Waals surface area contributed by atoms with Crippen LogP contribution in [0.5, 0.6) is 0 Å². The average Bonchev–Trinajstić information content (AvgIpc) is 2.26. The Morgan fingerprint density at radius 3 is 2.75 bits per heavy atom. The molecule has 0 bridgehead atoms. The van der Waals surface area contributed by atoms with Gasteiger partial charge in [-0.2, -0.15) is 5.10 Å². The van der Waals surface area contributed by atoms with Crippen LogP contribution in [0.25, 0.3) is 0 Å². The van der Waals surface area contributed by atoms with Gasteiger partial charge in [0.25, 0.3) is 0 Å². The van der Waals surface area contributed by atoms with E-state index in [9.17, 15) is 0 Å². The SMILES string of the molecule is C/C(Cl)=C/Cn1nc(C)cc1C. The van der Waals surface area contributed by atoms with E-state index in [0.717, 1.165) is 17.3 Å². The summed E-state index contributed by atoms with van der Waals surface area (Å²) in [6.07, 6.45) is 1.95. The van der Waals surface area contributed by atoms with E-state index in [-0.39, 0.29) is 0 Å². The Kier molecular flexibility index (Phi) is 2.93. The van der Waals surface area contributed by atoms with E-state index in [0.29, 0.717) is 0 Å². The minimum atomic E-state index is 0.759. The number of hydrogen-bond acceptors (Lipinski definition) is 1. The normalized spacial score (nSPS) is 12.2. The summed E-state index contributed by atoms with van der Waals surface area (Å²) >= 11 is 5.71. The molecule has 12 heavy (non-hydrogen) atoms. The summed E-state index contributed by atoms with van der Waals surface area (Å²) in [5.41, 5.74) is 2.22. The topological polar surface area (TPSA) is 17.8 Å². The highest BCUT2D eigenvalue weighted by Gasteiger charge is 1.97.